The molecule has 0 unspecified atom stereocenters. The van der Waals surface area contributed by atoms with Gasteiger partial charge in [0.25, 0.3) is 0 Å². The van der Waals surface area contributed by atoms with Gasteiger partial charge in [0, 0.05) is 34.3 Å². The number of nitrogens with zero attached hydrogens (tertiary/aromatic N) is 2. The van der Waals surface area contributed by atoms with Gasteiger partial charge in [0.2, 0.25) is 0 Å². The lowest BCUT2D eigenvalue weighted by atomic mass is 9.84. The summed E-state index contributed by atoms with van der Waals surface area (Å²) in [5.74, 6) is 0. The van der Waals surface area contributed by atoms with Crippen molar-refractivity contribution in [3.63, 3.8) is 0 Å². The van der Waals surface area contributed by atoms with Gasteiger partial charge in [-0.2, -0.15) is 0 Å². The van der Waals surface area contributed by atoms with E-state index in [1.165, 1.54) is 60.1 Å². The summed E-state index contributed by atoms with van der Waals surface area (Å²) in [6.45, 7) is 5.51. The molecule has 0 bridgehead atoms. The first-order chi connectivity index (χ1) is 29.2. The summed E-state index contributed by atoms with van der Waals surface area (Å²) in [7, 11) is 0. The van der Waals surface area contributed by atoms with Crippen LogP contribution in [-0.2, 0) is 0 Å². The maximum Gasteiger partial charge on any atom is 0.0601 e. The van der Waals surface area contributed by atoms with Crippen molar-refractivity contribution in [2.75, 3.05) is 11.4 Å². The fraction of sp³-hybridized carbons (Fsp3) is 0.0175. The molecule has 0 spiro atoms. The second-order valence-corrected chi connectivity index (χ2v) is 15.3. The molecule has 1 aliphatic rings. The van der Waals surface area contributed by atoms with Crippen LogP contribution in [0, 0.1) is 0 Å². The number of para-hydroxylation sites is 3. The standard InChI is InChI=1S/C57H40N2/c1-39-21-6-5-19-36-58(43-26-9-3-10-27-43)57-53(39)50(38-52-56(57)49-34-17-18-35-51(49)59(52)44-28-11-4-12-29-44)41-24-20-25-42(37-41)55-47-32-15-13-30-45(47)54(40-22-7-2-8-23-40)46-31-14-16-33-48(46)55/h2-35,37-38H,1,36H2/b19-5-,21-6-. The molecule has 10 aromatic rings. The van der Waals surface area contributed by atoms with E-state index in [2.05, 4.69) is 228 Å². The van der Waals surface area contributed by atoms with Gasteiger partial charge in [0.15, 0.2) is 0 Å². The summed E-state index contributed by atoms with van der Waals surface area (Å²) in [4.78, 5) is 2.48. The maximum absolute atomic E-state index is 4.81. The molecule has 59 heavy (non-hydrogen) atoms. The topological polar surface area (TPSA) is 8.17 Å². The number of anilines is 2. The first kappa shape index (κ1) is 34.6. The zero-order valence-electron chi connectivity index (χ0n) is 32.6. The monoisotopic (exact) mass is 752 g/mol. The maximum atomic E-state index is 4.81. The Bertz CT molecular complexity index is 3240. The summed E-state index contributed by atoms with van der Waals surface area (Å²) in [6.07, 6.45) is 8.69. The van der Waals surface area contributed by atoms with Crippen LogP contribution in [0.15, 0.2) is 225 Å². The lowest BCUT2D eigenvalue weighted by Crippen LogP contribution is -2.19. The van der Waals surface area contributed by atoms with Gasteiger partial charge in [0.05, 0.1) is 16.7 Å². The van der Waals surface area contributed by atoms with Gasteiger partial charge in [-0.15, -0.1) is 0 Å². The molecule has 1 aromatic heterocycles. The van der Waals surface area contributed by atoms with Crippen molar-refractivity contribution < 1.29 is 0 Å². The van der Waals surface area contributed by atoms with Crippen LogP contribution in [0.25, 0.3) is 88.0 Å². The van der Waals surface area contributed by atoms with E-state index < -0.39 is 0 Å². The van der Waals surface area contributed by atoms with Crippen LogP contribution >= 0.6 is 0 Å². The molecule has 2 heteroatoms. The van der Waals surface area contributed by atoms with Gasteiger partial charge < -0.3 is 9.47 Å². The molecule has 2 nitrogen and oxygen atoms in total. The molecular weight excluding hydrogens is 713 g/mol. The number of aromatic nitrogens is 1. The largest absolute Gasteiger partial charge is 0.337 e. The molecule has 0 saturated carbocycles. The highest BCUT2D eigenvalue weighted by molar-refractivity contribution is 6.23. The highest BCUT2D eigenvalue weighted by atomic mass is 15.1. The van der Waals surface area contributed by atoms with Crippen LogP contribution in [-0.4, -0.2) is 11.1 Å². The second-order valence-electron chi connectivity index (χ2n) is 15.3. The minimum Gasteiger partial charge on any atom is -0.337 e. The highest BCUT2D eigenvalue weighted by Crippen LogP contribution is 2.50. The summed E-state index contributed by atoms with van der Waals surface area (Å²) >= 11 is 0. The van der Waals surface area contributed by atoms with E-state index in [1.54, 1.807) is 0 Å². The van der Waals surface area contributed by atoms with Crippen molar-refractivity contribution in [2.24, 2.45) is 0 Å². The summed E-state index contributed by atoms with van der Waals surface area (Å²) in [6, 6.07) is 70.6. The Morgan fingerprint density at radius 2 is 0.932 bits per heavy atom. The third-order valence-electron chi connectivity index (χ3n) is 11.9. The zero-order valence-corrected chi connectivity index (χ0v) is 32.6. The molecule has 0 aliphatic carbocycles. The van der Waals surface area contributed by atoms with E-state index in [-0.39, 0.29) is 0 Å². The van der Waals surface area contributed by atoms with Crippen LogP contribution in [0.5, 0.6) is 0 Å². The number of allylic oxidation sites excluding steroid dienone is 4. The molecule has 278 valence electrons. The molecule has 2 heterocycles. The summed E-state index contributed by atoms with van der Waals surface area (Å²) < 4.78 is 2.44. The van der Waals surface area contributed by atoms with E-state index >= 15 is 0 Å². The van der Waals surface area contributed by atoms with Crippen LogP contribution in [0.1, 0.15) is 5.56 Å². The first-order valence-electron chi connectivity index (χ1n) is 20.3. The molecule has 9 aromatic carbocycles. The molecule has 0 N–H and O–H groups in total. The van der Waals surface area contributed by atoms with Crippen LogP contribution in [0.3, 0.4) is 0 Å². The lowest BCUT2D eigenvalue weighted by Gasteiger charge is -2.29. The summed E-state index contributed by atoms with van der Waals surface area (Å²) in [5.41, 5.74) is 15.0. The number of fused-ring (bicyclic) bond motifs is 7. The van der Waals surface area contributed by atoms with E-state index in [4.69, 9.17) is 6.58 Å². The Morgan fingerprint density at radius 3 is 1.59 bits per heavy atom. The van der Waals surface area contributed by atoms with Crippen molar-refractivity contribution in [3.05, 3.63) is 231 Å². The van der Waals surface area contributed by atoms with Gasteiger partial charge >= 0.3 is 0 Å². The molecular formula is C57H40N2. The predicted octanol–water partition coefficient (Wildman–Crippen LogP) is 15.4. The van der Waals surface area contributed by atoms with Crippen LogP contribution < -0.4 is 4.90 Å². The average molecular weight is 753 g/mol. The molecule has 11 rings (SSSR count). The van der Waals surface area contributed by atoms with Crippen molar-refractivity contribution in [2.45, 2.75) is 0 Å². The minimum atomic E-state index is 0.698. The Labute approximate surface area is 344 Å². The number of hydrogen-bond acceptors (Lipinski definition) is 1. The Kier molecular flexibility index (Phi) is 8.41. The van der Waals surface area contributed by atoms with Crippen LogP contribution in [0.2, 0.25) is 0 Å². The Morgan fingerprint density at radius 1 is 0.407 bits per heavy atom. The fourth-order valence-corrected chi connectivity index (χ4v) is 9.42. The molecule has 0 atom stereocenters. The lowest BCUT2D eigenvalue weighted by molar-refractivity contribution is 1.10. The van der Waals surface area contributed by atoms with Gasteiger partial charge in [-0.25, -0.2) is 0 Å². The van der Waals surface area contributed by atoms with Gasteiger partial charge in [-0.05, 0) is 103 Å². The van der Waals surface area contributed by atoms with E-state index in [1.807, 2.05) is 0 Å². The third kappa shape index (κ3) is 5.72. The Balaban J connectivity index is 1.26. The number of hydrogen-bond donors (Lipinski definition) is 0. The third-order valence-corrected chi connectivity index (χ3v) is 11.9. The quantitative estimate of drug-likeness (QED) is 0.159. The number of rotatable bonds is 5. The molecule has 0 radical (unpaired) electrons. The smallest absolute Gasteiger partial charge is 0.0601 e. The average Bonchev–Trinajstić information content (AvgIpc) is 3.67. The fourth-order valence-electron chi connectivity index (χ4n) is 9.42. The number of benzene rings is 9. The van der Waals surface area contributed by atoms with Crippen molar-refractivity contribution in [1.29, 1.82) is 0 Å². The SMILES string of the molecule is C=C1/C=C\C=C/CN(c2ccccc2)c2c1c(-c1cccc(-c3c4ccccc4c(-c4ccccc4)c4ccccc34)c1)cc1c2c2ccccc2n1-c1ccccc1. The normalized spacial score (nSPS) is 14.0. The van der Waals surface area contributed by atoms with Crippen molar-refractivity contribution >= 4 is 60.3 Å². The molecule has 1 aliphatic heterocycles. The van der Waals surface area contributed by atoms with E-state index in [0.29, 0.717) is 6.54 Å². The second kappa shape index (κ2) is 14.4. The first-order valence-corrected chi connectivity index (χ1v) is 20.3. The molecule has 0 saturated heterocycles. The van der Waals surface area contributed by atoms with Crippen molar-refractivity contribution in [3.8, 4) is 39.1 Å². The van der Waals surface area contributed by atoms with Gasteiger partial charge in [-0.3, -0.25) is 0 Å². The predicted molar refractivity (Wildman–Crippen MR) is 253 cm³/mol. The van der Waals surface area contributed by atoms with Crippen LogP contribution in [0.4, 0.5) is 11.4 Å². The summed E-state index contributed by atoms with van der Waals surface area (Å²) in [5, 5.41) is 7.39. The highest BCUT2D eigenvalue weighted by Gasteiger charge is 2.27. The Hall–Kier alpha value is -7.68. The van der Waals surface area contributed by atoms with Crippen molar-refractivity contribution in [1.82, 2.24) is 4.57 Å². The molecule has 0 amide bonds. The van der Waals surface area contributed by atoms with E-state index in [9.17, 15) is 0 Å². The van der Waals surface area contributed by atoms with Gasteiger partial charge in [-0.1, -0.05) is 183 Å². The zero-order chi connectivity index (χ0) is 39.3. The van der Waals surface area contributed by atoms with Gasteiger partial charge in [0.1, 0.15) is 0 Å². The minimum absolute atomic E-state index is 0.698. The van der Waals surface area contributed by atoms with E-state index in [0.717, 1.165) is 44.8 Å². The molecule has 0 fully saturated rings.